The van der Waals surface area contributed by atoms with Gasteiger partial charge in [-0.25, -0.2) is 0 Å². The Morgan fingerprint density at radius 1 is 1.59 bits per heavy atom. The van der Waals surface area contributed by atoms with Crippen LogP contribution in [0.25, 0.3) is 0 Å². The molecule has 0 radical (unpaired) electrons. The van der Waals surface area contributed by atoms with Gasteiger partial charge in [0.2, 0.25) is 5.91 Å². The summed E-state index contributed by atoms with van der Waals surface area (Å²) in [7, 11) is 4.07. The molecule has 1 saturated heterocycles. The number of nitrogens with two attached hydrogens (primary N) is 1. The zero-order valence-electron chi connectivity index (χ0n) is 11.5. The van der Waals surface area contributed by atoms with E-state index in [2.05, 4.69) is 11.9 Å². The van der Waals surface area contributed by atoms with Crippen LogP contribution in [0.3, 0.4) is 0 Å². The summed E-state index contributed by atoms with van der Waals surface area (Å²) in [6.07, 6.45) is 2.99. The minimum Gasteiger partial charge on any atom is -0.346 e. The SMILES string of the molecule is CC(CN)CC(=O)N(C)CCC1CCN(C)C1. The Morgan fingerprint density at radius 2 is 2.29 bits per heavy atom. The van der Waals surface area contributed by atoms with Gasteiger partial charge in [0.1, 0.15) is 0 Å². The van der Waals surface area contributed by atoms with E-state index in [1.807, 2.05) is 18.9 Å². The van der Waals surface area contributed by atoms with Crippen molar-refractivity contribution in [2.75, 3.05) is 40.3 Å². The highest BCUT2D eigenvalue weighted by molar-refractivity contribution is 5.76. The van der Waals surface area contributed by atoms with Crippen LogP contribution in [0.1, 0.15) is 26.2 Å². The number of hydrogen-bond acceptors (Lipinski definition) is 3. The quantitative estimate of drug-likeness (QED) is 0.747. The van der Waals surface area contributed by atoms with E-state index in [0.717, 1.165) is 18.9 Å². The summed E-state index contributed by atoms with van der Waals surface area (Å²) in [5, 5.41) is 0. The highest BCUT2D eigenvalue weighted by Gasteiger charge is 2.20. The highest BCUT2D eigenvalue weighted by Crippen LogP contribution is 2.18. The van der Waals surface area contributed by atoms with Gasteiger partial charge < -0.3 is 15.5 Å². The molecule has 17 heavy (non-hydrogen) atoms. The van der Waals surface area contributed by atoms with Gasteiger partial charge in [0, 0.05) is 26.6 Å². The molecule has 0 bridgehead atoms. The molecule has 2 atom stereocenters. The molecule has 1 heterocycles. The van der Waals surface area contributed by atoms with Crippen molar-refractivity contribution in [1.82, 2.24) is 9.80 Å². The fourth-order valence-electron chi connectivity index (χ4n) is 2.30. The molecular weight excluding hydrogens is 214 g/mol. The smallest absolute Gasteiger partial charge is 0.222 e. The van der Waals surface area contributed by atoms with Crippen LogP contribution in [0.4, 0.5) is 0 Å². The van der Waals surface area contributed by atoms with Crippen molar-refractivity contribution in [2.24, 2.45) is 17.6 Å². The van der Waals surface area contributed by atoms with Gasteiger partial charge >= 0.3 is 0 Å². The lowest BCUT2D eigenvalue weighted by Crippen LogP contribution is -2.31. The first-order valence-corrected chi connectivity index (χ1v) is 6.65. The van der Waals surface area contributed by atoms with Gasteiger partial charge in [-0.05, 0) is 44.8 Å². The topological polar surface area (TPSA) is 49.6 Å². The summed E-state index contributed by atoms with van der Waals surface area (Å²) in [5.74, 6) is 1.29. The summed E-state index contributed by atoms with van der Waals surface area (Å²) in [6, 6.07) is 0. The molecular formula is C13H27N3O. The standard InChI is InChI=1S/C13H27N3O/c1-11(9-14)8-13(17)16(3)7-5-12-4-6-15(2)10-12/h11-12H,4-10,14H2,1-3H3. The Bertz CT molecular complexity index is 245. The lowest BCUT2D eigenvalue weighted by atomic mass is 10.0. The molecule has 100 valence electrons. The van der Waals surface area contributed by atoms with E-state index in [1.165, 1.54) is 19.5 Å². The Morgan fingerprint density at radius 3 is 2.82 bits per heavy atom. The highest BCUT2D eigenvalue weighted by atomic mass is 16.2. The van der Waals surface area contributed by atoms with Crippen LogP contribution in [-0.4, -0.2) is 56.0 Å². The lowest BCUT2D eigenvalue weighted by molar-refractivity contribution is -0.130. The van der Waals surface area contributed by atoms with Crippen LogP contribution in [0.5, 0.6) is 0 Å². The maximum atomic E-state index is 11.8. The number of rotatable bonds is 6. The molecule has 0 aromatic heterocycles. The van der Waals surface area contributed by atoms with E-state index in [9.17, 15) is 4.79 Å². The van der Waals surface area contributed by atoms with Crippen LogP contribution >= 0.6 is 0 Å². The fraction of sp³-hybridized carbons (Fsp3) is 0.923. The third kappa shape index (κ3) is 5.04. The number of hydrogen-bond donors (Lipinski definition) is 1. The van der Waals surface area contributed by atoms with Crippen LogP contribution < -0.4 is 5.73 Å². The van der Waals surface area contributed by atoms with Gasteiger partial charge in [0.15, 0.2) is 0 Å². The Labute approximate surface area is 105 Å². The second kappa shape index (κ2) is 6.97. The number of likely N-dealkylation sites (tertiary alicyclic amines) is 1. The molecule has 1 aliphatic rings. The molecule has 1 rings (SSSR count). The average molecular weight is 241 g/mol. The van der Waals surface area contributed by atoms with E-state index in [1.54, 1.807) is 0 Å². The van der Waals surface area contributed by atoms with Crippen LogP contribution in [0.15, 0.2) is 0 Å². The maximum Gasteiger partial charge on any atom is 0.222 e. The van der Waals surface area contributed by atoms with Crippen LogP contribution in [0.2, 0.25) is 0 Å². The van der Waals surface area contributed by atoms with E-state index in [0.29, 0.717) is 18.9 Å². The molecule has 4 nitrogen and oxygen atoms in total. The molecule has 2 unspecified atom stereocenters. The molecule has 0 aromatic carbocycles. The van der Waals surface area contributed by atoms with Gasteiger partial charge in [0.05, 0.1) is 0 Å². The third-order valence-corrected chi connectivity index (χ3v) is 3.71. The molecule has 0 spiro atoms. The fourth-order valence-corrected chi connectivity index (χ4v) is 2.30. The number of carbonyl (C=O) groups excluding carboxylic acids is 1. The molecule has 0 saturated carbocycles. The monoisotopic (exact) mass is 241 g/mol. The first-order chi connectivity index (χ1) is 8.02. The molecule has 1 aliphatic heterocycles. The normalized spacial score (nSPS) is 22.7. The maximum absolute atomic E-state index is 11.8. The van der Waals surface area contributed by atoms with E-state index < -0.39 is 0 Å². The zero-order chi connectivity index (χ0) is 12.8. The van der Waals surface area contributed by atoms with E-state index in [4.69, 9.17) is 5.73 Å². The summed E-state index contributed by atoms with van der Waals surface area (Å²) in [5.41, 5.74) is 5.53. The van der Waals surface area contributed by atoms with Crippen LogP contribution in [0, 0.1) is 11.8 Å². The van der Waals surface area contributed by atoms with Crippen LogP contribution in [-0.2, 0) is 4.79 Å². The van der Waals surface area contributed by atoms with Gasteiger partial charge in [-0.1, -0.05) is 6.92 Å². The second-order valence-electron chi connectivity index (χ2n) is 5.57. The largest absolute Gasteiger partial charge is 0.346 e. The molecule has 4 heteroatoms. The van der Waals surface area contributed by atoms with Gasteiger partial charge in [-0.15, -0.1) is 0 Å². The molecule has 0 aliphatic carbocycles. The van der Waals surface area contributed by atoms with Crippen molar-refractivity contribution < 1.29 is 4.79 Å². The van der Waals surface area contributed by atoms with Crippen molar-refractivity contribution >= 4 is 5.91 Å². The predicted octanol–water partition coefficient (Wildman–Crippen LogP) is 0.772. The van der Waals surface area contributed by atoms with Crippen molar-refractivity contribution in [3.05, 3.63) is 0 Å². The number of amides is 1. The second-order valence-corrected chi connectivity index (χ2v) is 5.57. The zero-order valence-corrected chi connectivity index (χ0v) is 11.5. The van der Waals surface area contributed by atoms with Gasteiger partial charge in [-0.2, -0.15) is 0 Å². The third-order valence-electron chi connectivity index (χ3n) is 3.71. The summed E-state index contributed by atoms with van der Waals surface area (Å²) in [4.78, 5) is 16.1. The minimum absolute atomic E-state index is 0.231. The van der Waals surface area contributed by atoms with Crippen molar-refractivity contribution in [3.63, 3.8) is 0 Å². The molecule has 1 fully saturated rings. The Balaban J connectivity index is 2.19. The average Bonchev–Trinajstić information content (AvgIpc) is 2.71. The van der Waals surface area contributed by atoms with Gasteiger partial charge in [-0.3, -0.25) is 4.79 Å². The summed E-state index contributed by atoms with van der Waals surface area (Å²) >= 11 is 0. The Hall–Kier alpha value is -0.610. The first kappa shape index (κ1) is 14.5. The lowest BCUT2D eigenvalue weighted by Gasteiger charge is -2.21. The van der Waals surface area contributed by atoms with E-state index >= 15 is 0 Å². The summed E-state index contributed by atoms with van der Waals surface area (Å²) < 4.78 is 0. The molecule has 1 amide bonds. The predicted molar refractivity (Wildman–Crippen MR) is 70.7 cm³/mol. The number of nitrogens with zero attached hydrogens (tertiary/aromatic N) is 2. The number of carbonyl (C=O) groups is 1. The molecule has 2 N–H and O–H groups in total. The first-order valence-electron chi connectivity index (χ1n) is 6.65. The van der Waals surface area contributed by atoms with Gasteiger partial charge in [0.25, 0.3) is 0 Å². The van der Waals surface area contributed by atoms with Crippen molar-refractivity contribution in [1.29, 1.82) is 0 Å². The molecule has 0 aromatic rings. The Kier molecular flexibility index (Phi) is 5.92. The van der Waals surface area contributed by atoms with Crippen molar-refractivity contribution in [3.8, 4) is 0 Å². The van der Waals surface area contributed by atoms with E-state index in [-0.39, 0.29) is 5.91 Å². The van der Waals surface area contributed by atoms with Crippen molar-refractivity contribution in [2.45, 2.75) is 26.2 Å². The minimum atomic E-state index is 0.231. The summed E-state index contributed by atoms with van der Waals surface area (Å²) in [6.45, 7) is 5.88.